The molecule has 0 atom stereocenters. The molecule has 0 N–H and O–H groups in total. The van der Waals surface area contributed by atoms with E-state index in [4.69, 9.17) is 11.6 Å². The van der Waals surface area contributed by atoms with Crippen LogP contribution in [0.2, 0.25) is 5.02 Å². The van der Waals surface area contributed by atoms with Crippen LogP contribution in [0.5, 0.6) is 0 Å². The average Bonchev–Trinajstić information content (AvgIpc) is 1.99. The number of carbonyl (C=O) groups is 1. The number of Topliss-reactive ketones (excluding diaryl/α,β-unsaturated/α-hetero) is 1. The highest BCUT2D eigenvalue weighted by Gasteiger charge is 2.06. The topological polar surface area (TPSA) is 17.1 Å². The molecular formula is C9H7BrClO. The lowest BCUT2D eigenvalue weighted by atomic mass is 10.1. The summed E-state index contributed by atoms with van der Waals surface area (Å²) in [5.74, 6) is -0.0300. The first-order valence-corrected chi connectivity index (χ1v) is 4.58. The summed E-state index contributed by atoms with van der Waals surface area (Å²) in [4.78, 5) is 11.0. The van der Waals surface area contributed by atoms with Crippen LogP contribution in [0.25, 0.3) is 0 Å². The van der Waals surface area contributed by atoms with E-state index in [9.17, 15) is 4.79 Å². The molecule has 1 aromatic carbocycles. The lowest BCUT2D eigenvalue weighted by Crippen LogP contribution is -1.93. The number of carbonyl (C=O) groups excluding carboxylic acids is 1. The van der Waals surface area contributed by atoms with Crippen molar-refractivity contribution >= 4 is 33.3 Å². The normalized spacial score (nSPS) is 10.0. The van der Waals surface area contributed by atoms with Gasteiger partial charge in [-0.05, 0) is 41.4 Å². The van der Waals surface area contributed by atoms with Gasteiger partial charge in [0.15, 0.2) is 5.78 Å². The van der Waals surface area contributed by atoms with E-state index in [-0.39, 0.29) is 5.78 Å². The monoisotopic (exact) mass is 245 g/mol. The van der Waals surface area contributed by atoms with Crippen LogP contribution in [0.4, 0.5) is 0 Å². The fourth-order valence-electron chi connectivity index (χ4n) is 0.778. The maximum Gasteiger partial charge on any atom is 0.160 e. The first-order valence-electron chi connectivity index (χ1n) is 3.41. The second-order valence-corrected chi connectivity index (χ2v) is 3.73. The summed E-state index contributed by atoms with van der Waals surface area (Å²) in [5.41, 5.74) is 1.42. The first-order chi connectivity index (χ1) is 5.52. The minimum atomic E-state index is -0.0300. The molecule has 0 fully saturated rings. The van der Waals surface area contributed by atoms with Crippen molar-refractivity contribution in [3.8, 4) is 0 Å². The standard InChI is InChI=1S/C9H7BrClO/c1-5-8(10)3-7(6(2)12)4-9(5)11/h4H,1-2H3. The van der Waals surface area contributed by atoms with Crippen LogP contribution >= 0.6 is 27.5 Å². The molecule has 12 heavy (non-hydrogen) atoms. The van der Waals surface area contributed by atoms with Crippen molar-refractivity contribution in [3.05, 3.63) is 32.8 Å². The highest BCUT2D eigenvalue weighted by Crippen LogP contribution is 2.25. The number of hydrogen-bond acceptors (Lipinski definition) is 1. The van der Waals surface area contributed by atoms with E-state index in [0.717, 1.165) is 10.0 Å². The van der Waals surface area contributed by atoms with Crippen molar-refractivity contribution in [1.29, 1.82) is 0 Å². The molecule has 3 heteroatoms. The fourth-order valence-corrected chi connectivity index (χ4v) is 1.52. The number of halogens is 2. The van der Waals surface area contributed by atoms with Crippen LogP contribution < -0.4 is 0 Å². The Balaban J connectivity index is 3.31. The molecule has 0 amide bonds. The summed E-state index contributed by atoms with van der Waals surface area (Å²) in [6, 6.07) is 4.53. The molecule has 1 rings (SSSR count). The molecule has 0 bridgehead atoms. The Kier molecular flexibility index (Phi) is 2.91. The van der Waals surface area contributed by atoms with Crippen molar-refractivity contribution in [3.63, 3.8) is 0 Å². The third-order valence-electron chi connectivity index (χ3n) is 1.58. The van der Waals surface area contributed by atoms with E-state index < -0.39 is 0 Å². The quantitative estimate of drug-likeness (QED) is 0.694. The first kappa shape index (κ1) is 9.75. The minimum Gasteiger partial charge on any atom is -0.294 e. The zero-order valence-corrected chi connectivity index (χ0v) is 9.08. The van der Waals surface area contributed by atoms with Crippen LogP contribution in [0, 0.1) is 13.0 Å². The van der Waals surface area contributed by atoms with E-state index in [1.165, 1.54) is 6.92 Å². The summed E-state index contributed by atoms with van der Waals surface area (Å²) < 4.78 is 0.750. The molecule has 0 unspecified atom stereocenters. The Morgan fingerprint density at radius 2 is 2.25 bits per heavy atom. The molecule has 1 nitrogen and oxygen atoms in total. The lowest BCUT2D eigenvalue weighted by molar-refractivity contribution is 0.101. The van der Waals surface area contributed by atoms with Gasteiger partial charge in [0.1, 0.15) is 0 Å². The Labute approximate surface area is 84.9 Å². The number of rotatable bonds is 1. The summed E-state index contributed by atoms with van der Waals surface area (Å²) in [6.45, 7) is 3.36. The maximum atomic E-state index is 11.0. The van der Waals surface area contributed by atoms with Crippen molar-refractivity contribution in [2.75, 3.05) is 0 Å². The van der Waals surface area contributed by atoms with Crippen LogP contribution in [-0.2, 0) is 0 Å². The lowest BCUT2D eigenvalue weighted by Gasteiger charge is -2.02. The highest BCUT2D eigenvalue weighted by atomic mass is 79.9. The molecule has 1 radical (unpaired) electrons. The molecule has 1 aromatic rings. The third-order valence-corrected chi connectivity index (χ3v) is 2.77. The average molecular weight is 247 g/mol. The summed E-state index contributed by atoms with van der Waals surface area (Å²) >= 11 is 9.13. The van der Waals surface area contributed by atoms with Gasteiger partial charge in [0.05, 0.1) is 0 Å². The molecule has 0 spiro atoms. The molecule has 63 valence electrons. The van der Waals surface area contributed by atoms with Gasteiger partial charge in [-0.15, -0.1) is 0 Å². The number of ketones is 1. The fraction of sp³-hybridized carbons (Fsp3) is 0.222. The van der Waals surface area contributed by atoms with Gasteiger partial charge in [-0.1, -0.05) is 11.6 Å². The largest absolute Gasteiger partial charge is 0.294 e. The Morgan fingerprint density at radius 3 is 2.67 bits per heavy atom. The van der Waals surface area contributed by atoms with Crippen LogP contribution in [0.15, 0.2) is 10.5 Å². The van der Waals surface area contributed by atoms with Gasteiger partial charge in [-0.2, -0.15) is 0 Å². The second kappa shape index (κ2) is 3.58. The summed E-state index contributed by atoms with van der Waals surface area (Å²) in [7, 11) is 0. The molecule has 0 saturated carbocycles. The predicted molar refractivity (Wildman–Crippen MR) is 52.7 cm³/mol. The van der Waals surface area contributed by atoms with Crippen molar-refractivity contribution in [2.45, 2.75) is 13.8 Å². The smallest absolute Gasteiger partial charge is 0.160 e. The van der Waals surface area contributed by atoms with E-state index in [2.05, 4.69) is 22.0 Å². The van der Waals surface area contributed by atoms with Gasteiger partial charge in [-0.25, -0.2) is 0 Å². The second-order valence-electron chi connectivity index (χ2n) is 2.53. The van der Waals surface area contributed by atoms with E-state index >= 15 is 0 Å². The van der Waals surface area contributed by atoms with Gasteiger partial charge in [0.2, 0.25) is 0 Å². The van der Waals surface area contributed by atoms with Crippen LogP contribution in [0.1, 0.15) is 22.8 Å². The van der Waals surface area contributed by atoms with Gasteiger partial charge < -0.3 is 0 Å². The molecule has 0 aliphatic carbocycles. The van der Waals surface area contributed by atoms with E-state index in [1.807, 2.05) is 6.92 Å². The van der Waals surface area contributed by atoms with Crippen LogP contribution in [0.3, 0.4) is 0 Å². The Morgan fingerprint density at radius 1 is 1.67 bits per heavy atom. The highest BCUT2D eigenvalue weighted by molar-refractivity contribution is 9.10. The summed E-state index contributed by atoms with van der Waals surface area (Å²) in [5, 5.41) is 0.589. The van der Waals surface area contributed by atoms with Crippen LogP contribution in [-0.4, -0.2) is 5.78 Å². The Hall–Kier alpha value is -0.340. The van der Waals surface area contributed by atoms with E-state index in [0.29, 0.717) is 10.6 Å². The SMILES string of the molecule is CC(=O)c1[c]c(Br)c(C)c(Cl)c1. The van der Waals surface area contributed by atoms with E-state index in [1.54, 1.807) is 6.07 Å². The molecular weight excluding hydrogens is 239 g/mol. The summed E-state index contributed by atoms with van der Waals surface area (Å²) in [6.07, 6.45) is 0. The maximum absolute atomic E-state index is 11.0. The Bertz CT molecular complexity index is 310. The molecule has 0 aromatic heterocycles. The van der Waals surface area contributed by atoms with Gasteiger partial charge in [-0.3, -0.25) is 4.79 Å². The molecule has 0 saturated heterocycles. The molecule has 0 aliphatic rings. The molecule has 0 aliphatic heterocycles. The van der Waals surface area contributed by atoms with Crippen molar-refractivity contribution < 1.29 is 4.79 Å². The minimum absolute atomic E-state index is 0.0300. The van der Waals surface area contributed by atoms with Gasteiger partial charge in [0, 0.05) is 21.1 Å². The molecule has 0 heterocycles. The number of hydrogen-bond donors (Lipinski definition) is 0. The van der Waals surface area contributed by atoms with Gasteiger partial charge in [0.25, 0.3) is 0 Å². The van der Waals surface area contributed by atoms with Crippen molar-refractivity contribution in [1.82, 2.24) is 0 Å². The van der Waals surface area contributed by atoms with Gasteiger partial charge >= 0.3 is 0 Å². The third kappa shape index (κ3) is 1.87. The van der Waals surface area contributed by atoms with Crippen molar-refractivity contribution in [2.24, 2.45) is 0 Å². The number of benzene rings is 1. The zero-order chi connectivity index (χ0) is 9.30. The zero-order valence-electron chi connectivity index (χ0n) is 6.74. The predicted octanol–water partition coefficient (Wildman–Crippen LogP) is 3.41.